The van der Waals surface area contributed by atoms with Gasteiger partial charge in [0.05, 0.1) is 24.6 Å². The number of nitrogens with zero attached hydrogens (tertiary/aromatic N) is 1. The highest BCUT2D eigenvalue weighted by Crippen LogP contribution is 2.34. The third-order valence-corrected chi connectivity index (χ3v) is 2.53. The molecule has 1 amide bonds. The number of carbonyl (C=O) groups is 1. The molecule has 0 aliphatic rings. The molecular weight excluding hydrogens is 278 g/mol. The van der Waals surface area contributed by atoms with Gasteiger partial charge in [-0.3, -0.25) is 14.9 Å². The van der Waals surface area contributed by atoms with E-state index in [2.05, 4.69) is 11.2 Å². The maximum atomic E-state index is 11.4. The van der Waals surface area contributed by atoms with E-state index in [1.807, 2.05) is 0 Å². The summed E-state index contributed by atoms with van der Waals surface area (Å²) >= 11 is 0. The maximum Gasteiger partial charge on any atom is 0.277 e. The summed E-state index contributed by atoms with van der Waals surface area (Å²) in [5.41, 5.74) is 5.56. The number of hydrogen-bond acceptors (Lipinski definition) is 6. The molecule has 0 bridgehead atoms. The molecule has 8 nitrogen and oxygen atoms in total. The first-order valence-corrected chi connectivity index (χ1v) is 5.91. The molecular formula is C13H15N3O5. The van der Waals surface area contributed by atoms with E-state index in [1.165, 1.54) is 19.2 Å². The second-order valence-electron chi connectivity index (χ2n) is 3.86. The molecule has 0 fully saturated rings. The molecule has 21 heavy (non-hydrogen) atoms. The molecule has 1 rings (SSSR count). The van der Waals surface area contributed by atoms with E-state index in [4.69, 9.17) is 21.6 Å². The van der Waals surface area contributed by atoms with E-state index in [9.17, 15) is 14.9 Å². The molecule has 0 aromatic heterocycles. The molecule has 0 unspecified atom stereocenters. The molecule has 0 atom stereocenters. The van der Waals surface area contributed by atoms with Crippen LogP contribution in [0.15, 0.2) is 12.1 Å². The zero-order valence-electron chi connectivity index (χ0n) is 11.4. The number of hydrogen-bond donors (Lipinski definition) is 2. The smallest absolute Gasteiger partial charge is 0.277 e. The Morgan fingerprint density at radius 1 is 1.52 bits per heavy atom. The van der Waals surface area contributed by atoms with Crippen LogP contribution in [0, 0.1) is 22.5 Å². The Morgan fingerprint density at radius 2 is 2.24 bits per heavy atom. The zero-order valence-corrected chi connectivity index (χ0v) is 11.4. The largest absolute Gasteiger partial charge is 0.493 e. The molecule has 0 aliphatic carbocycles. The minimum Gasteiger partial charge on any atom is -0.493 e. The summed E-state index contributed by atoms with van der Waals surface area (Å²) in [6.07, 6.45) is 5.00. The van der Waals surface area contributed by atoms with Crippen molar-refractivity contribution in [2.24, 2.45) is 5.73 Å². The van der Waals surface area contributed by atoms with Gasteiger partial charge < -0.3 is 20.5 Å². The highest BCUT2D eigenvalue weighted by Gasteiger charge is 2.19. The molecule has 8 heteroatoms. The van der Waals surface area contributed by atoms with Gasteiger partial charge in [0.2, 0.25) is 0 Å². The fraction of sp³-hybridized carbons (Fsp3) is 0.308. The highest BCUT2D eigenvalue weighted by molar-refractivity contribution is 5.77. The fourth-order valence-electron chi connectivity index (χ4n) is 1.54. The van der Waals surface area contributed by atoms with Crippen LogP contribution in [0.2, 0.25) is 0 Å². The number of carbonyl (C=O) groups excluding carboxylic acids is 1. The van der Waals surface area contributed by atoms with Crippen LogP contribution in [-0.2, 0) is 11.3 Å². The van der Waals surface area contributed by atoms with Gasteiger partial charge in [-0.1, -0.05) is 5.92 Å². The number of nitro benzene ring substituents is 1. The Labute approximate surface area is 121 Å². The van der Waals surface area contributed by atoms with Crippen molar-refractivity contribution in [1.29, 1.82) is 0 Å². The zero-order chi connectivity index (χ0) is 15.8. The average molecular weight is 293 g/mol. The topological polar surface area (TPSA) is 117 Å². The third-order valence-electron chi connectivity index (χ3n) is 2.53. The first-order valence-electron chi connectivity index (χ1n) is 5.91. The maximum absolute atomic E-state index is 11.4. The van der Waals surface area contributed by atoms with E-state index in [1.54, 1.807) is 0 Å². The molecule has 0 saturated carbocycles. The van der Waals surface area contributed by atoms with Crippen LogP contribution in [-0.4, -0.2) is 31.1 Å². The van der Waals surface area contributed by atoms with Crippen molar-refractivity contribution in [3.8, 4) is 23.8 Å². The van der Waals surface area contributed by atoms with Gasteiger partial charge in [-0.05, 0) is 6.07 Å². The third kappa shape index (κ3) is 4.36. The minimum atomic E-state index is -0.576. The number of nitrogens with one attached hydrogen (secondary N) is 1. The van der Waals surface area contributed by atoms with Gasteiger partial charge in [0.1, 0.15) is 0 Å². The second-order valence-corrected chi connectivity index (χ2v) is 3.86. The highest BCUT2D eigenvalue weighted by atomic mass is 16.6. The molecule has 0 heterocycles. The van der Waals surface area contributed by atoms with E-state index in [0.717, 1.165) is 0 Å². The Bertz CT molecular complexity index is 580. The average Bonchev–Trinajstić information content (AvgIpc) is 2.49. The Kier molecular flexibility index (Phi) is 5.98. The molecule has 0 radical (unpaired) electrons. The molecule has 3 N–H and O–H groups in total. The Morgan fingerprint density at radius 3 is 2.76 bits per heavy atom. The second kappa shape index (κ2) is 7.72. The van der Waals surface area contributed by atoms with Crippen LogP contribution in [0.5, 0.6) is 11.5 Å². The van der Waals surface area contributed by atoms with Gasteiger partial charge in [0.15, 0.2) is 18.1 Å². The lowest BCUT2D eigenvalue weighted by Gasteiger charge is -2.12. The number of nitrogens with two attached hydrogens (primary N) is 1. The van der Waals surface area contributed by atoms with Crippen LogP contribution in [0.1, 0.15) is 5.56 Å². The van der Waals surface area contributed by atoms with Gasteiger partial charge in [0, 0.05) is 12.1 Å². The summed E-state index contributed by atoms with van der Waals surface area (Å²) in [7, 11) is 1.38. The lowest BCUT2D eigenvalue weighted by atomic mass is 10.1. The number of benzene rings is 1. The van der Waals surface area contributed by atoms with Crippen molar-refractivity contribution in [2.45, 2.75) is 6.54 Å². The lowest BCUT2D eigenvalue weighted by Crippen LogP contribution is -2.29. The summed E-state index contributed by atoms with van der Waals surface area (Å²) in [6, 6.07) is 2.59. The quantitative estimate of drug-likeness (QED) is 0.421. The number of nitro groups is 1. The van der Waals surface area contributed by atoms with Crippen molar-refractivity contribution >= 4 is 11.6 Å². The monoisotopic (exact) mass is 293 g/mol. The van der Waals surface area contributed by atoms with Gasteiger partial charge in [-0.15, -0.1) is 6.42 Å². The summed E-state index contributed by atoms with van der Waals surface area (Å²) in [6.45, 7) is -0.279. The molecule has 0 aliphatic heterocycles. The summed E-state index contributed by atoms with van der Waals surface area (Å²) in [5, 5.41) is 13.4. The standard InChI is InChI=1S/C13H15N3O5/c1-3-4-15-13(17)8-21-12-6-10(16(18)19)9(7-14)5-11(12)20-2/h1,5-6H,4,7-8,14H2,2H3,(H,15,17). The molecule has 1 aromatic rings. The van der Waals surface area contributed by atoms with Gasteiger partial charge in [-0.25, -0.2) is 0 Å². The van der Waals surface area contributed by atoms with Gasteiger partial charge >= 0.3 is 0 Å². The van der Waals surface area contributed by atoms with Crippen molar-refractivity contribution in [3.05, 3.63) is 27.8 Å². The van der Waals surface area contributed by atoms with Crippen LogP contribution in [0.4, 0.5) is 5.69 Å². The van der Waals surface area contributed by atoms with Crippen molar-refractivity contribution in [1.82, 2.24) is 5.32 Å². The molecule has 0 saturated heterocycles. The van der Waals surface area contributed by atoms with Crippen LogP contribution >= 0.6 is 0 Å². The van der Waals surface area contributed by atoms with E-state index < -0.39 is 10.8 Å². The number of terminal acetylenes is 1. The SMILES string of the molecule is C#CCNC(=O)COc1cc([N+](=O)[O-])c(CN)cc1OC. The van der Waals surface area contributed by atoms with Crippen LogP contribution in [0.25, 0.3) is 0 Å². The summed E-state index contributed by atoms with van der Waals surface area (Å²) in [4.78, 5) is 21.8. The summed E-state index contributed by atoms with van der Waals surface area (Å²) < 4.78 is 10.3. The minimum absolute atomic E-state index is 0.0182. The normalized spacial score (nSPS) is 9.57. The first-order chi connectivity index (χ1) is 10.0. The van der Waals surface area contributed by atoms with Crippen LogP contribution < -0.4 is 20.5 Å². The summed E-state index contributed by atoms with van der Waals surface area (Å²) in [5.74, 6) is 2.14. The van der Waals surface area contributed by atoms with Gasteiger partial charge in [-0.2, -0.15) is 0 Å². The van der Waals surface area contributed by atoms with Crippen molar-refractivity contribution in [3.63, 3.8) is 0 Å². The predicted molar refractivity (Wildman–Crippen MR) is 74.9 cm³/mol. The Hall–Kier alpha value is -2.79. The molecule has 1 aromatic carbocycles. The Balaban J connectivity index is 2.95. The number of methoxy groups -OCH3 is 1. The molecule has 0 spiro atoms. The fourth-order valence-corrected chi connectivity index (χ4v) is 1.54. The van der Waals surface area contributed by atoms with Gasteiger partial charge in [0.25, 0.3) is 11.6 Å². The predicted octanol–water partition coefficient (Wildman–Crippen LogP) is 0.190. The first kappa shape index (κ1) is 16.3. The molecule has 112 valence electrons. The van der Waals surface area contributed by atoms with Crippen molar-refractivity contribution in [2.75, 3.05) is 20.3 Å². The lowest BCUT2D eigenvalue weighted by molar-refractivity contribution is -0.385. The van der Waals surface area contributed by atoms with E-state index in [-0.39, 0.29) is 36.9 Å². The number of rotatable bonds is 7. The van der Waals surface area contributed by atoms with Crippen molar-refractivity contribution < 1.29 is 19.2 Å². The number of ether oxygens (including phenoxy) is 2. The van der Waals surface area contributed by atoms with E-state index in [0.29, 0.717) is 5.56 Å². The van der Waals surface area contributed by atoms with Crippen LogP contribution in [0.3, 0.4) is 0 Å². The van der Waals surface area contributed by atoms with E-state index >= 15 is 0 Å². The number of amides is 1.